The van der Waals surface area contributed by atoms with Crippen molar-refractivity contribution in [3.05, 3.63) is 35.4 Å². The van der Waals surface area contributed by atoms with E-state index < -0.39 is 0 Å². The van der Waals surface area contributed by atoms with Gasteiger partial charge in [-0.2, -0.15) is 0 Å². The number of carbonyl (C=O) groups excluding carboxylic acids is 1. The van der Waals surface area contributed by atoms with Gasteiger partial charge in [0.1, 0.15) is 6.29 Å². The van der Waals surface area contributed by atoms with Crippen LogP contribution in [0.25, 0.3) is 0 Å². The SMILES string of the molecule is CC(C)(C=O)c1cccc(CCC2CC2)c1. The molecular weight excluding hydrogens is 196 g/mol. The molecule has 1 saturated carbocycles. The first-order valence-corrected chi connectivity index (χ1v) is 6.17. The Morgan fingerprint density at radius 2 is 2.12 bits per heavy atom. The molecule has 0 radical (unpaired) electrons. The molecule has 1 aromatic rings. The number of aryl methyl sites for hydroxylation is 1. The summed E-state index contributed by atoms with van der Waals surface area (Å²) in [6.45, 7) is 3.94. The van der Waals surface area contributed by atoms with Crippen LogP contribution in [0.2, 0.25) is 0 Å². The van der Waals surface area contributed by atoms with Gasteiger partial charge in [-0.15, -0.1) is 0 Å². The molecule has 1 nitrogen and oxygen atoms in total. The summed E-state index contributed by atoms with van der Waals surface area (Å²) in [7, 11) is 0. The third-order valence-corrected chi connectivity index (χ3v) is 3.50. The Morgan fingerprint density at radius 3 is 2.75 bits per heavy atom. The van der Waals surface area contributed by atoms with Gasteiger partial charge in [0.2, 0.25) is 0 Å². The number of aldehydes is 1. The van der Waals surface area contributed by atoms with Crippen LogP contribution in [0.4, 0.5) is 0 Å². The molecular formula is C15H20O. The first-order chi connectivity index (χ1) is 7.62. The Morgan fingerprint density at radius 1 is 1.38 bits per heavy atom. The van der Waals surface area contributed by atoms with Crippen molar-refractivity contribution in [2.45, 2.75) is 44.9 Å². The van der Waals surface area contributed by atoms with E-state index >= 15 is 0 Å². The molecule has 0 aromatic heterocycles. The highest BCUT2D eigenvalue weighted by atomic mass is 16.1. The predicted octanol–water partition coefficient (Wildman–Crippen LogP) is 3.51. The summed E-state index contributed by atoms with van der Waals surface area (Å²) >= 11 is 0. The maximum atomic E-state index is 11.0. The van der Waals surface area contributed by atoms with Gasteiger partial charge in [0, 0.05) is 5.41 Å². The topological polar surface area (TPSA) is 17.1 Å². The average molecular weight is 216 g/mol. The molecule has 1 aliphatic carbocycles. The Hall–Kier alpha value is -1.11. The first-order valence-electron chi connectivity index (χ1n) is 6.17. The summed E-state index contributed by atoms with van der Waals surface area (Å²) in [5, 5.41) is 0. The predicted molar refractivity (Wildman–Crippen MR) is 66.6 cm³/mol. The Labute approximate surface area is 97.9 Å². The fraction of sp³-hybridized carbons (Fsp3) is 0.533. The molecule has 0 saturated heterocycles. The largest absolute Gasteiger partial charge is 0.302 e. The molecule has 1 fully saturated rings. The quantitative estimate of drug-likeness (QED) is 0.688. The third kappa shape index (κ3) is 2.72. The molecule has 0 N–H and O–H groups in total. The highest BCUT2D eigenvalue weighted by molar-refractivity contribution is 5.67. The fourth-order valence-corrected chi connectivity index (χ4v) is 1.97. The molecule has 1 heteroatoms. The minimum absolute atomic E-state index is 0.352. The number of hydrogen-bond acceptors (Lipinski definition) is 1. The van der Waals surface area contributed by atoms with Crippen LogP contribution >= 0.6 is 0 Å². The number of carbonyl (C=O) groups is 1. The van der Waals surface area contributed by atoms with E-state index in [4.69, 9.17) is 0 Å². The van der Waals surface area contributed by atoms with Crippen molar-refractivity contribution < 1.29 is 4.79 Å². The lowest BCUT2D eigenvalue weighted by atomic mass is 9.85. The van der Waals surface area contributed by atoms with Gasteiger partial charge >= 0.3 is 0 Å². The molecule has 0 atom stereocenters. The summed E-state index contributed by atoms with van der Waals surface area (Å²) in [6, 6.07) is 8.49. The Bertz CT molecular complexity index is 375. The van der Waals surface area contributed by atoms with Crippen molar-refractivity contribution in [3.63, 3.8) is 0 Å². The lowest BCUT2D eigenvalue weighted by Crippen LogP contribution is -2.18. The van der Waals surface area contributed by atoms with Crippen LogP contribution in [0.15, 0.2) is 24.3 Å². The molecule has 1 aliphatic rings. The van der Waals surface area contributed by atoms with Crippen molar-refractivity contribution in [2.24, 2.45) is 5.92 Å². The molecule has 0 spiro atoms. The summed E-state index contributed by atoms with van der Waals surface area (Å²) < 4.78 is 0. The highest BCUT2D eigenvalue weighted by Gasteiger charge is 2.22. The molecule has 1 aromatic carbocycles. The molecule has 0 amide bonds. The minimum Gasteiger partial charge on any atom is -0.302 e. The zero-order chi connectivity index (χ0) is 11.6. The Kier molecular flexibility index (Phi) is 3.13. The van der Waals surface area contributed by atoms with Crippen LogP contribution in [-0.4, -0.2) is 6.29 Å². The van der Waals surface area contributed by atoms with Crippen LogP contribution in [-0.2, 0) is 16.6 Å². The minimum atomic E-state index is -0.352. The van der Waals surface area contributed by atoms with Gasteiger partial charge in [0.15, 0.2) is 0 Å². The number of rotatable bonds is 5. The van der Waals surface area contributed by atoms with Crippen molar-refractivity contribution in [2.75, 3.05) is 0 Å². The lowest BCUT2D eigenvalue weighted by Gasteiger charge is -2.18. The standard InChI is InChI=1S/C15H20O/c1-15(2,11-16)14-5-3-4-13(10-14)9-8-12-6-7-12/h3-5,10-12H,6-9H2,1-2H3. The molecule has 16 heavy (non-hydrogen) atoms. The van der Waals surface area contributed by atoms with E-state index in [1.54, 1.807) is 0 Å². The second-order valence-electron chi connectivity index (χ2n) is 5.52. The lowest BCUT2D eigenvalue weighted by molar-refractivity contribution is -0.111. The smallest absolute Gasteiger partial charge is 0.129 e. The van der Waals surface area contributed by atoms with Crippen molar-refractivity contribution in [1.29, 1.82) is 0 Å². The number of hydrogen-bond donors (Lipinski definition) is 0. The zero-order valence-corrected chi connectivity index (χ0v) is 10.2. The number of benzene rings is 1. The van der Waals surface area contributed by atoms with Gasteiger partial charge in [-0.3, -0.25) is 0 Å². The molecule has 0 heterocycles. The van der Waals surface area contributed by atoms with E-state index in [0.717, 1.165) is 24.2 Å². The maximum Gasteiger partial charge on any atom is 0.129 e. The Balaban J connectivity index is 2.08. The van der Waals surface area contributed by atoms with Crippen LogP contribution in [0, 0.1) is 5.92 Å². The second kappa shape index (κ2) is 4.40. The van der Waals surface area contributed by atoms with Gasteiger partial charge in [-0.1, -0.05) is 37.1 Å². The van der Waals surface area contributed by atoms with Gasteiger partial charge < -0.3 is 4.79 Å². The zero-order valence-electron chi connectivity index (χ0n) is 10.2. The molecule has 0 unspecified atom stereocenters. The molecule has 0 aliphatic heterocycles. The van der Waals surface area contributed by atoms with Crippen LogP contribution < -0.4 is 0 Å². The van der Waals surface area contributed by atoms with Crippen LogP contribution in [0.5, 0.6) is 0 Å². The monoisotopic (exact) mass is 216 g/mol. The van der Waals surface area contributed by atoms with E-state index in [1.165, 1.54) is 24.8 Å². The maximum absolute atomic E-state index is 11.0. The molecule has 86 valence electrons. The van der Waals surface area contributed by atoms with Gasteiger partial charge in [-0.05, 0) is 43.7 Å². The third-order valence-electron chi connectivity index (χ3n) is 3.50. The van der Waals surface area contributed by atoms with E-state index in [2.05, 4.69) is 24.3 Å². The van der Waals surface area contributed by atoms with Gasteiger partial charge in [-0.25, -0.2) is 0 Å². The average Bonchev–Trinajstić information content (AvgIpc) is 3.11. The summed E-state index contributed by atoms with van der Waals surface area (Å²) in [4.78, 5) is 11.0. The van der Waals surface area contributed by atoms with E-state index in [-0.39, 0.29) is 5.41 Å². The van der Waals surface area contributed by atoms with Gasteiger partial charge in [0.25, 0.3) is 0 Å². The van der Waals surface area contributed by atoms with E-state index in [9.17, 15) is 4.79 Å². The first kappa shape index (κ1) is 11.4. The summed E-state index contributed by atoms with van der Waals surface area (Å²) in [6.07, 6.45) is 6.34. The molecule has 0 bridgehead atoms. The van der Waals surface area contributed by atoms with Crippen molar-refractivity contribution in [3.8, 4) is 0 Å². The van der Waals surface area contributed by atoms with E-state index in [1.807, 2.05) is 13.8 Å². The van der Waals surface area contributed by atoms with Crippen molar-refractivity contribution in [1.82, 2.24) is 0 Å². The van der Waals surface area contributed by atoms with Crippen LogP contribution in [0.1, 0.15) is 44.2 Å². The summed E-state index contributed by atoms with van der Waals surface area (Å²) in [5.41, 5.74) is 2.16. The molecule has 2 rings (SSSR count). The second-order valence-corrected chi connectivity index (χ2v) is 5.52. The van der Waals surface area contributed by atoms with Crippen LogP contribution in [0.3, 0.4) is 0 Å². The van der Waals surface area contributed by atoms with Crippen molar-refractivity contribution >= 4 is 6.29 Å². The highest BCUT2D eigenvalue weighted by Crippen LogP contribution is 2.33. The van der Waals surface area contributed by atoms with E-state index in [0.29, 0.717) is 0 Å². The normalized spacial score (nSPS) is 16.1. The summed E-state index contributed by atoms with van der Waals surface area (Å²) in [5.74, 6) is 0.975. The fourth-order valence-electron chi connectivity index (χ4n) is 1.97. The van der Waals surface area contributed by atoms with Gasteiger partial charge in [0.05, 0.1) is 0 Å².